The van der Waals surface area contributed by atoms with E-state index in [9.17, 15) is 4.79 Å². The first-order valence-electron chi connectivity index (χ1n) is 5.58. The summed E-state index contributed by atoms with van der Waals surface area (Å²) < 4.78 is 6.98. The Morgan fingerprint density at radius 3 is 2.71 bits per heavy atom. The van der Waals surface area contributed by atoms with Gasteiger partial charge < -0.3 is 20.8 Å². The van der Waals surface area contributed by atoms with Gasteiger partial charge in [-0.15, -0.1) is 0 Å². The quantitative estimate of drug-likeness (QED) is 0.813. The molecule has 0 atom stereocenters. The van der Waals surface area contributed by atoms with Gasteiger partial charge in [-0.25, -0.2) is 9.78 Å². The van der Waals surface area contributed by atoms with Crippen molar-refractivity contribution in [3.8, 4) is 0 Å². The molecule has 0 bridgehead atoms. The van der Waals surface area contributed by atoms with Crippen LogP contribution < -0.4 is 11.5 Å². The van der Waals surface area contributed by atoms with Crippen molar-refractivity contribution in [2.45, 2.75) is 45.8 Å². The number of anilines is 1. The van der Waals surface area contributed by atoms with Crippen LogP contribution in [0.3, 0.4) is 0 Å². The molecule has 0 saturated carbocycles. The third-order valence-corrected chi connectivity index (χ3v) is 2.55. The lowest BCUT2D eigenvalue weighted by Gasteiger charge is -2.23. The summed E-state index contributed by atoms with van der Waals surface area (Å²) in [7, 11) is 0. The highest BCUT2D eigenvalue weighted by Crippen LogP contribution is 2.17. The van der Waals surface area contributed by atoms with Crippen molar-refractivity contribution >= 4 is 11.9 Å². The molecule has 4 N–H and O–H groups in total. The van der Waals surface area contributed by atoms with Crippen LogP contribution in [0.25, 0.3) is 0 Å². The van der Waals surface area contributed by atoms with Crippen molar-refractivity contribution < 1.29 is 9.53 Å². The van der Waals surface area contributed by atoms with E-state index in [-0.39, 0.29) is 0 Å². The lowest BCUT2D eigenvalue weighted by atomic mass is 10.0. The predicted octanol–water partition coefficient (Wildman–Crippen LogP) is 1.43. The van der Waals surface area contributed by atoms with Crippen molar-refractivity contribution in [2.75, 3.05) is 5.73 Å². The number of aromatic nitrogens is 2. The molecule has 6 nitrogen and oxygen atoms in total. The minimum absolute atomic E-state index is 0.523. The summed E-state index contributed by atoms with van der Waals surface area (Å²) in [6, 6.07) is 0. The number of carbonyl (C=O) groups excluding carboxylic acids is 1. The number of nitrogen functional groups attached to an aromatic ring is 1. The molecule has 1 aromatic rings. The summed E-state index contributed by atoms with van der Waals surface area (Å²) in [5.74, 6) is 1.41. The molecule has 0 radical (unpaired) electrons. The molecular formula is C11H20N4O2. The predicted molar refractivity (Wildman–Crippen MR) is 65.4 cm³/mol. The van der Waals surface area contributed by atoms with E-state index < -0.39 is 11.7 Å². The lowest BCUT2D eigenvalue weighted by Crippen LogP contribution is -2.31. The molecule has 0 unspecified atom stereocenters. The van der Waals surface area contributed by atoms with Gasteiger partial charge >= 0.3 is 6.09 Å². The van der Waals surface area contributed by atoms with E-state index in [1.165, 1.54) is 0 Å². The fraction of sp³-hybridized carbons (Fsp3) is 0.636. The molecule has 1 amide bonds. The minimum Gasteiger partial charge on any atom is -0.444 e. The number of hydrogen-bond acceptors (Lipinski definition) is 4. The van der Waals surface area contributed by atoms with Gasteiger partial charge in [0.25, 0.3) is 0 Å². The third-order valence-electron chi connectivity index (χ3n) is 2.55. The van der Waals surface area contributed by atoms with Crippen molar-refractivity contribution in [2.24, 2.45) is 5.73 Å². The fourth-order valence-electron chi connectivity index (χ4n) is 1.76. The zero-order valence-corrected chi connectivity index (χ0v) is 10.6. The maximum Gasteiger partial charge on any atom is 0.405 e. The summed E-state index contributed by atoms with van der Waals surface area (Å²) in [6.07, 6.45) is 2.65. The summed E-state index contributed by atoms with van der Waals surface area (Å²) in [6.45, 7) is 6.38. The van der Waals surface area contributed by atoms with Gasteiger partial charge in [-0.2, -0.15) is 0 Å². The number of primary amides is 1. The van der Waals surface area contributed by atoms with Gasteiger partial charge in [-0.05, 0) is 33.6 Å². The second-order valence-corrected chi connectivity index (χ2v) is 4.69. The maximum absolute atomic E-state index is 10.7. The van der Waals surface area contributed by atoms with Crippen LogP contribution in [0, 0.1) is 6.92 Å². The first-order chi connectivity index (χ1) is 7.80. The molecule has 0 aromatic carbocycles. The second-order valence-electron chi connectivity index (χ2n) is 4.69. The number of rotatable bonds is 5. The smallest absolute Gasteiger partial charge is 0.405 e. The Labute approximate surface area is 101 Å². The maximum atomic E-state index is 10.7. The highest BCUT2D eigenvalue weighted by Gasteiger charge is 2.21. The second kappa shape index (κ2) is 5.07. The van der Waals surface area contributed by atoms with Crippen molar-refractivity contribution in [3.05, 3.63) is 12.0 Å². The van der Waals surface area contributed by atoms with Gasteiger partial charge in [0, 0.05) is 12.7 Å². The summed E-state index contributed by atoms with van der Waals surface area (Å²) >= 11 is 0. The van der Waals surface area contributed by atoms with Crippen LogP contribution in [-0.4, -0.2) is 21.2 Å². The monoisotopic (exact) mass is 240 g/mol. The fourth-order valence-corrected chi connectivity index (χ4v) is 1.76. The van der Waals surface area contributed by atoms with Crippen LogP contribution in [0.5, 0.6) is 0 Å². The van der Waals surface area contributed by atoms with E-state index in [0.29, 0.717) is 5.82 Å². The summed E-state index contributed by atoms with van der Waals surface area (Å²) in [5, 5.41) is 0. The highest BCUT2D eigenvalue weighted by molar-refractivity contribution is 5.65. The van der Waals surface area contributed by atoms with Gasteiger partial charge in [0.15, 0.2) is 0 Å². The standard InChI is InChI=1S/C11H20N4O2/c1-8-14-9(12)7-15(8)6-4-5-11(2,3)17-10(13)16/h7H,4-6,12H2,1-3H3,(H2,13,16). The number of aryl methyl sites for hydroxylation is 2. The Hall–Kier alpha value is -1.72. The molecule has 17 heavy (non-hydrogen) atoms. The third kappa shape index (κ3) is 4.34. The zero-order chi connectivity index (χ0) is 13.1. The number of imidazole rings is 1. The summed E-state index contributed by atoms with van der Waals surface area (Å²) in [4.78, 5) is 14.8. The first kappa shape index (κ1) is 13.3. The molecule has 1 rings (SSSR count). The van der Waals surface area contributed by atoms with Crippen molar-refractivity contribution in [1.82, 2.24) is 9.55 Å². The molecular weight excluding hydrogens is 220 g/mol. The Balaban J connectivity index is 2.42. The molecule has 1 heterocycles. The lowest BCUT2D eigenvalue weighted by molar-refractivity contribution is 0.0368. The van der Waals surface area contributed by atoms with Crippen LogP contribution in [-0.2, 0) is 11.3 Å². The number of amides is 1. The van der Waals surface area contributed by atoms with E-state index in [0.717, 1.165) is 25.2 Å². The van der Waals surface area contributed by atoms with Gasteiger partial charge in [-0.3, -0.25) is 0 Å². The molecule has 1 aromatic heterocycles. The van der Waals surface area contributed by atoms with Gasteiger partial charge in [0.1, 0.15) is 17.2 Å². The minimum atomic E-state index is -0.738. The number of hydrogen-bond donors (Lipinski definition) is 2. The average molecular weight is 240 g/mol. The SMILES string of the molecule is Cc1nc(N)cn1CCCC(C)(C)OC(N)=O. The molecule has 0 aliphatic carbocycles. The molecule has 6 heteroatoms. The van der Waals surface area contributed by atoms with Crippen LogP contribution in [0.15, 0.2) is 6.20 Å². The van der Waals surface area contributed by atoms with Crippen LogP contribution in [0.1, 0.15) is 32.5 Å². The number of ether oxygens (including phenoxy) is 1. The van der Waals surface area contributed by atoms with Gasteiger partial charge in [-0.1, -0.05) is 0 Å². The zero-order valence-electron chi connectivity index (χ0n) is 10.6. The summed E-state index contributed by atoms with van der Waals surface area (Å²) in [5.41, 5.74) is 10.0. The van der Waals surface area contributed by atoms with E-state index in [1.54, 1.807) is 6.20 Å². The van der Waals surface area contributed by atoms with Crippen LogP contribution in [0.2, 0.25) is 0 Å². The average Bonchev–Trinajstić information content (AvgIpc) is 2.42. The van der Waals surface area contributed by atoms with Gasteiger partial charge in [0.05, 0.1) is 0 Å². The largest absolute Gasteiger partial charge is 0.444 e. The Bertz CT molecular complexity index is 398. The van der Waals surface area contributed by atoms with Gasteiger partial charge in [0.2, 0.25) is 0 Å². The molecule has 96 valence electrons. The Kier molecular flexibility index (Phi) is 3.98. The van der Waals surface area contributed by atoms with Crippen LogP contribution >= 0.6 is 0 Å². The van der Waals surface area contributed by atoms with E-state index in [2.05, 4.69) is 4.98 Å². The van der Waals surface area contributed by atoms with Crippen molar-refractivity contribution in [3.63, 3.8) is 0 Å². The number of nitrogens with two attached hydrogens (primary N) is 2. The molecule has 0 aliphatic heterocycles. The highest BCUT2D eigenvalue weighted by atomic mass is 16.6. The van der Waals surface area contributed by atoms with Crippen molar-refractivity contribution in [1.29, 1.82) is 0 Å². The molecule has 0 fully saturated rings. The Morgan fingerprint density at radius 1 is 1.59 bits per heavy atom. The van der Waals surface area contributed by atoms with Crippen LogP contribution in [0.4, 0.5) is 10.6 Å². The van der Waals surface area contributed by atoms with E-state index in [4.69, 9.17) is 16.2 Å². The number of carbonyl (C=O) groups is 1. The normalized spacial score (nSPS) is 11.5. The first-order valence-corrected chi connectivity index (χ1v) is 5.58. The molecule has 0 saturated heterocycles. The van der Waals surface area contributed by atoms with E-state index >= 15 is 0 Å². The molecule has 0 aliphatic rings. The topological polar surface area (TPSA) is 96.2 Å². The number of nitrogens with zero attached hydrogens (tertiary/aromatic N) is 2. The molecule has 0 spiro atoms. The van der Waals surface area contributed by atoms with E-state index in [1.807, 2.05) is 25.3 Å². The Morgan fingerprint density at radius 2 is 2.24 bits per heavy atom.